The van der Waals surface area contributed by atoms with E-state index in [2.05, 4.69) is 15.0 Å². The molecule has 0 amide bonds. The zero-order valence-electron chi connectivity index (χ0n) is 10.1. The Balaban J connectivity index is 2.38. The molecule has 1 aliphatic heterocycles. The standard InChI is InChI=1S/C12H18N4O/c1-9-5-6-10(11(13)15-17)12(14-9)16-7-3-2-4-8-16/h5-6,17H,2-4,7-8H2,1H3,(H2,13,15). The number of pyridine rings is 1. The van der Waals surface area contributed by atoms with E-state index in [0.29, 0.717) is 5.56 Å². The Morgan fingerprint density at radius 1 is 1.35 bits per heavy atom. The predicted molar refractivity (Wildman–Crippen MR) is 67.5 cm³/mol. The Kier molecular flexibility index (Phi) is 3.46. The third kappa shape index (κ3) is 2.49. The Labute approximate surface area is 101 Å². The highest BCUT2D eigenvalue weighted by Gasteiger charge is 2.18. The van der Waals surface area contributed by atoms with Crippen molar-refractivity contribution in [2.24, 2.45) is 10.9 Å². The van der Waals surface area contributed by atoms with E-state index >= 15 is 0 Å². The van der Waals surface area contributed by atoms with E-state index in [0.717, 1.165) is 24.6 Å². The van der Waals surface area contributed by atoms with Crippen LogP contribution in [0.3, 0.4) is 0 Å². The number of rotatable bonds is 2. The second-order valence-electron chi connectivity index (χ2n) is 4.36. The predicted octanol–water partition coefficient (Wildman–Crippen LogP) is 1.47. The highest BCUT2D eigenvalue weighted by molar-refractivity contribution is 6.01. The minimum atomic E-state index is 0.123. The summed E-state index contributed by atoms with van der Waals surface area (Å²) in [6.45, 7) is 3.92. The first kappa shape index (κ1) is 11.7. The fraction of sp³-hybridized carbons (Fsp3) is 0.500. The lowest BCUT2D eigenvalue weighted by Gasteiger charge is -2.29. The maximum Gasteiger partial charge on any atom is 0.173 e. The molecule has 1 fully saturated rings. The number of nitrogens with zero attached hydrogens (tertiary/aromatic N) is 3. The van der Waals surface area contributed by atoms with Gasteiger partial charge in [-0.05, 0) is 38.3 Å². The fourth-order valence-electron chi connectivity index (χ4n) is 2.14. The molecule has 2 heterocycles. The molecule has 0 radical (unpaired) electrons. The number of hydrogen-bond acceptors (Lipinski definition) is 4. The van der Waals surface area contributed by atoms with Gasteiger partial charge in [-0.3, -0.25) is 0 Å². The van der Waals surface area contributed by atoms with Crippen molar-refractivity contribution < 1.29 is 5.21 Å². The molecule has 92 valence electrons. The molecule has 1 saturated heterocycles. The van der Waals surface area contributed by atoms with Crippen molar-refractivity contribution in [2.45, 2.75) is 26.2 Å². The van der Waals surface area contributed by atoms with Crippen LogP contribution in [0.2, 0.25) is 0 Å². The molecule has 1 aromatic rings. The third-order valence-electron chi connectivity index (χ3n) is 3.05. The van der Waals surface area contributed by atoms with Crippen LogP contribution in [0.25, 0.3) is 0 Å². The van der Waals surface area contributed by atoms with Crippen LogP contribution in [0.1, 0.15) is 30.5 Å². The second-order valence-corrected chi connectivity index (χ2v) is 4.36. The molecule has 5 nitrogen and oxygen atoms in total. The summed E-state index contributed by atoms with van der Waals surface area (Å²) in [7, 11) is 0. The monoisotopic (exact) mass is 234 g/mol. The minimum Gasteiger partial charge on any atom is -0.409 e. The number of aryl methyl sites for hydroxylation is 1. The molecule has 0 aromatic carbocycles. The van der Waals surface area contributed by atoms with Gasteiger partial charge >= 0.3 is 0 Å². The van der Waals surface area contributed by atoms with Crippen molar-refractivity contribution in [1.82, 2.24) is 4.98 Å². The summed E-state index contributed by atoms with van der Waals surface area (Å²) in [6, 6.07) is 3.74. The first-order valence-electron chi connectivity index (χ1n) is 5.93. The van der Waals surface area contributed by atoms with E-state index < -0.39 is 0 Å². The lowest BCUT2D eigenvalue weighted by Crippen LogP contribution is -2.32. The second kappa shape index (κ2) is 5.03. The molecule has 0 saturated carbocycles. The number of aromatic nitrogens is 1. The summed E-state index contributed by atoms with van der Waals surface area (Å²) in [5.74, 6) is 0.957. The smallest absolute Gasteiger partial charge is 0.173 e. The van der Waals surface area contributed by atoms with Crippen LogP contribution in [0.5, 0.6) is 0 Å². The van der Waals surface area contributed by atoms with Gasteiger partial charge < -0.3 is 15.8 Å². The highest BCUT2D eigenvalue weighted by atomic mass is 16.4. The van der Waals surface area contributed by atoms with Gasteiger partial charge in [-0.15, -0.1) is 0 Å². The zero-order chi connectivity index (χ0) is 12.3. The van der Waals surface area contributed by atoms with E-state index in [1.54, 1.807) is 0 Å². The number of nitrogens with two attached hydrogens (primary N) is 1. The molecular formula is C12H18N4O. The Bertz CT molecular complexity index is 425. The quantitative estimate of drug-likeness (QED) is 0.352. The average Bonchev–Trinajstić information content (AvgIpc) is 2.39. The number of amidine groups is 1. The molecule has 0 atom stereocenters. The largest absolute Gasteiger partial charge is 0.409 e. The maximum atomic E-state index is 8.80. The van der Waals surface area contributed by atoms with Gasteiger partial charge in [0.1, 0.15) is 5.82 Å². The van der Waals surface area contributed by atoms with Crippen molar-refractivity contribution in [3.05, 3.63) is 23.4 Å². The zero-order valence-corrected chi connectivity index (χ0v) is 10.1. The first-order chi connectivity index (χ1) is 8.22. The topological polar surface area (TPSA) is 74.7 Å². The van der Waals surface area contributed by atoms with E-state index in [9.17, 15) is 0 Å². The van der Waals surface area contributed by atoms with Gasteiger partial charge in [0.05, 0.1) is 5.56 Å². The number of hydrogen-bond donors (Lipinski definition) is 2. The van der Waals surface area contributed by atoms with Gasteiger partial charge in [0.15, 0.2) is 5.84 Å². The van der Waals surface area contributed by atoms with Gasteiger partial charge in [-0.2, -0.15) is 0 Å². The lowest BCUT2D eigenvalue weighted by molar-refractivity contribution is 0.318. The van der Waals surface area contributed by atoms with Crippen molar-refractivity contribution in [2.75, 3.05) is 18.0 Å². The minimum absolute atomic E-state index is 0.123. The van der Waals surface area contributed by atoms with Crippen LogP contribution < -0.4 is 10.6 Å². The lowest BCUT2D eigenvalue weighted by atomic mass is 10.1. The number of anilines is 1. The molecule has 0 unspecified atom stereocenters. The van der Waals surface area contributed by atoms with Gasteiger partial charge in [0, 0.05) is 18.8 Å². The van der Waals surface area contributed by atoms with Crippen LogP contribution in [-0.2, 0) is 0 Å². The summed E-state index contributed by atoms with van der Waals surface area (Å²) in [5.41, 5.74) is 7.34. The molecule has 0 bridgehead atoms. The molecule has 1 aliphatic rings. The summed E-state index contributed by atoms with van der Waals surface area (Å²) < 4.78 is 0. The van der Waals surface area contributed by atoms with Crippen molar-refractivity contribution >= 4 is 11.7 Å². The number of piperidine rings is 1. The van der Waals surface area contributed by atoms with E-state index in [-0.39, 0.29) is 5.84 Å². The van der Waals surface area contributed by atoms with Crippen molar-refractivity contribution in [1.29, 1.82) is 0 Å². The molecule has 0 spiro atoms. The highest BCUT2D eigenvalue weighted by Crippen LogP contribution is 2.22. The first-order valence-corrected chi connectivity index (χ1v) is 5.93. The van der Waals surface area contributed by atoms with Crippen molar-refractivity contribution in [3.63, 3.8) is 0 Å². The third-order valence-corrected chi connectivity index (χ3v) is 3.05. The van der Waals surface area contributed by atoms with Crippen LogP contribution in [0, 0.1) is 6.92 Å². The van der Waals surface area contributed by atoms with Gasteiger partial charge in [-0.1, -0.05) is 5.16 Å². The van der Waals surface area contributed by atoms with E-state index in [4.69, 9.17) is 10.9 Å². The van der Waals surface area contributed by atoms with Crippen LogP contribution in [0.4, 0.5) is 5.82 Å². The van der Waals surface area contributed by atoms with Gasteiger partial charge in [0.2, 0.25) is 0 Å². The Hall–Kier alpha value is -1.78. The van der Waals surface area contributed by atoms with Crippen LogP contribution in [-0.4, -0.2) is 29.1 Å². The molecule has 0 aliphatic carbocycles. The summed E-state index contributed by atoms with van der Waals surface area (Å²) >= 11 is 0. The maximum absolute atomic E-state index is 8.80. The molecule has 17 heavy (non-hydrogen) atoms. The molecule has 1 aromatic heterocycles. The Morgan fingerprint density at radius 2 is 2.06 bits per heavy atom. The summed E-state index contributed by atoms with van der Waals surface area (Å²) in [5, 5.41) is 11.9. The normalized spacial score (nSPS) is 17.2. The van der Waals surface area contributed by atoms with Crippen molar-refractivity contribution in [3.8, 4) is 0 Å². The Morgan fingerprint density at radius 3 is 2.71 bits per heavy atom. The SMILES string of the molecule is Cc1ccc(C(N)=NO)c(N2CCCCC2)n1. The summed E-state index contributed by atoms with van der Waals surface area (Å²) in [4.78, 5) is 6.73. The van der Waals surface area contributed by atoms with E-state index in [1.165, 1.54) is 19.3 Å². The molecule has 5 heteroatoms. The van der Waals surface area contributed by atoms with E-state index in [1.807, 2.05) is 19.1 Å². The van der Waals surface area contributed by atoms with Gasteiger partial charge in [-0.25, -0.2) is 4.98 Å². The average molecular weight is 234 g/mol. The molecule has 3 N–H and O–H groups in total. The fourth-order valence-corrected chi connectivity index (χ4v) is 2.14. The number of oxime groups is 1. The summed E-state index contributed by atoms with van der Waals surface area (Å²) in [6.07, 6.45) is 3.61. The van der Waals surface area contributed by atoms with Crippen LogP contribution in [0.15, 0.2) is 17.3 Å². The van der Waals surface area contributed by atoms with Crippen LogP contribution >= 0.6 is 0 Å². The molecular weight excluding hydrogens is 216 g/mol. The molecule has 2 rings (SSSR count). The van der Waals surface area contributed by atoms with Gasteiger partial charge in [0.25, 0.3) is 0 Å².